The van der Waals surface area contributed by atoms with Crippen LogP contribution in [-0.2, 0) is 6.54 Å². The Morgan fingerprint density at radius 2 is 1.75 bits per heavy atom. The number of nitriles is 1. The first-order valence-corrected chi connectivity index (χ1v) is 12.0. The number of nitrogens with zero attached hydrogens (tertiary/aromatic N) is 5. The molecule has 0 saturated carbocycles. The van der Waals surface area contributed by atoms with Gasteiger partial charge in [-0.25, -0.2) is 14.3 Å². The molecule has 1 saturated heterocycles. The lowest BCUT2D eigenvalue weighted by Crippen LogP contribution is -2.42. The Hall–Kier alpha value is -4.51. The van der Waals surface area contributed by atoms with Crippen molar-refractivity contribution in [2.75, 3.05) is 13.1 Å². The molecule has 4 aromatic rings. The number of benzene rings is 2. The summed E-state index contributed by atoms with van der Waals surface area (Å²) in [6, 6.07) is 19.5. The Morgan fingerprint density at radius 3 is 2.47 bits per heavy atom. The van der Waals surface area contributed by atoms with Crippen LogP contribution < -0.4 is 11.2 Å². The summed E-state index contributed by atoms with van der Waals surface area (Å²) in [5, 5.41) is 9.41. The maximum absolute atomic E-state index is 13.9. The van der Waals surface area contributed by atoms with Crippen LogP contribution in [0.15, 0.2) is 70.3 Å². The number of likely N-dealkylation sites (tertiary alicyclic amines) is 1. The van der Waals surface area contributed by atoms with Gasteiger partial charge in [-0.1, -0.05) is 30.3 Å². The van der Waals surface area contributed by atoms with Crippen molar-refractivity contribution in [3.8, 4) is 11.8 Å². The lowest BCUT2D eigenvalue weighted by Gasteiger charge is -2.27. The van der Waals surface area contributed by atoms with Gasteiger partial charge < -0.3 is 4.90 Å². The van der Waals surface area contributed by atoms with Crippen molar-refractivity contribution in [1.29, 1.82) is 5.26 Å². The molecule has 0 atom stereocenters. The van der Waals surface area contributed by atoms with E-state index < -0.39 is 11.2 Å². The molecule has 1 amide bonds. The first-order valence-electron chi connectivity index (χ1n) is 12.0. The second-order valence-corrected chi connectivity index (χ2v) is 9.02. The number of pyridine rings is 1. The minimum absolute atomic E-state index is 0.0405. The van der Waals surface area contributed by atoms with Gasteiger partial charge in [0, 0.05) is 18.8 Å². The van der Waals surface area contributed by atoms with Crippen molar-refractivity contribution in [1.82, 2.24) is 19.0 Å². The Morgan fingerprint density at radius 1 is 1.00 bits per heavy atom. The summed E-state index contributed by atoms with van der Waals surface area (Å²) in [7, 11) is 0. The molecule has 0 N–H and O–H groups in total. The monoisotopic (exact) mass is 479 g/mol. The molecule has 1 aliphatic heterocycles. The Kier molecular flexibility index (Phi) is 6.21. The summed E-state index contributed by atoms with van der Waals surface area (Å²) in [6.45, 7) is 2.98. The molecule has 36 heavy (non-hydrogen) atoms. The molecule has 5 rings (SSSR count). The predicted molar refractivity (Wildman–Crippen MR) is 136 cm³/mol. The third-order valence-corrected chi connectivity index (χ3v) is 6.51. The fourth-order valence-electron chi connectivity index (χ4n) is 4.77. The fraction of sp³-hybridized carbons (Fsp3) is 0.250. The van der Waals surface area contributed by atoms with E-state index in [0.29, 0.717) is 35.6 Å². The van der Waals surface area contributed by atoms with Gasteiger partial charge >= 0.3 is 5.69 Å². The maximum atomic E-state index is 13.9. The summed E-state index contributed by atoms with van der Waals surface area (Å²) in [6.07, 6.45) is 2.91. The molecule has 0 radical (unpaired) electrons. The zero-order valence-electron chi connectivity index (χ0n) is 20.0. The number of piperidine rings is 1. The average Bonchev–Trinajstić information content (AvgIpc) is 2.91. The number of rotatable bonds is 4. The number of hydrogen-bond acceptors (Lipinski definition) is 5. The van der Waals surface area contributed by atoms with Gasteiger partial charge in [0.2, 0.25) is 0 Å². The van der Waals surface area contributed by atoms with E-state index in [1.54, 1.807) is 66.4 Å². The largest absolute Gasteiger partial charge is 0.339 e. The van der Waals surface area contributed by atoms with Crippen LogP contribution >= 0.6 is 0 Å². The SMILES string of the molecule is Cc1cc(C(=O)N2CCCCC2)c2c(=O)n(Cc3cccc(C#N)c3)c(=O)n(-c3ccccc3)c2n1. The van der Waals surface area contributed by atoms with Crippen molar-refractivity contribution >= 4 is 16.9 Å². The molecule has 1 aliphatic rings. The Bertz CT molecular complexity index is 1620. The van der Waals surface area contributed by atoms with Crippen LogP contribution in [-0.4, -0.2) is 38.0 Å². The average molecular weight is 480 g/mol. The highest BCUT2D eigenvalue weighted by Gasteiger charge is 2.26. The van der Waals surface area contributed by atoms with Crippen molar-refractivity contribution in [2.24, 2.45) is 0 Å². The van der Waals surface area contributed by atoms with Crippen LogP contribution in [0, 0.1) is 18.3 Å². The minimum Gasteiger partial charge on any atom is -0.339 e. The highest BCUT2D eigenvalue weighted by Crippen LogP contribution is 2.21. The van der Waals surface area contributed by atoms with Crippen LogP contribution in [0.2, 0.25) is 0 Å². The first-order chi connectivity index (χ1) is 17.5. The van der Waals surface area contributed by atoms with E-state index in [2.05, 4.69) is 11.1 Å². The Balaban J connectivity index is 1.81. The Labute approximate surface area is 207 Å². The van der Waals surface area contributed by atoms with E-state index in [9.17, 15) is 19.6 Å². The number of carbonyl (C=O) groups excluding carboxylic acids is 1. The molecule has 0 bridgehead atoms. The molecule has 8 heteroatoms. The number of carbonyl (C=O) groups is 1. The molecule has 3 heterocycles. The van der Waals surface area contributed by atoms with Gasteiger partial charge in [0.1, 0.15) is 0 Å². The molecule has 8 nitrogen and oxygen atoms in total. The summed E-state index contributed by atoms with van der Waals surface area (Å²) in [4.78, 5) is 47.6. The van der Waals surface area contributed by atoms with Crippen LogP contribution in [0.25, 0.3) is 16.7 Å². The quantitative estimate of drug-likeness (QED) is 0.447. The van der Waals surface area contributed by atoms with Gasteiger partial charge in [0.15, 0.2) is 5.65 Å². The number of aryl methyl sites for hydroxylation is 1. The van der Waals surface area contributed by atoms with Gasteiger partial charge in [0.05, 0.1) is 34.8 Å². The molecule has 180 valence electrons. The zero-order chi connectivity index (χ0) is 25.2. The number of amides is 1. The number of aromatic nitrogens is 3. The number of para-hydroxylation sites is 1. The van der Waals surface area contributed by atoms with Crippen molar-refractivity contribution in [3.05, 3.63) is 104 Å². The van der Waals surface area contributed by atoms with Gasteiger partial charge in [0.25, 0.3) is 11.5 Å². The number of hydrogen-bond donors (Lipinski definition) is 0. The van der Waals surface area contributed by atoms with Crippen LogP contribution in [0.3, 0.4) is 0 Å². The summed E-state index contributed by atoms with van der Waals surface area (Å²) in [5.74, 6) is -0.224. The van der Waals surface area contributed by atoms with Crippen LogP contribution in [0.1, 0.15) is 46.4 Å². The van der Waals surface area contributed by atoms with Gasteiger partial charge in [-0.3, -0.25) is 14.2 Å². The summed E-state index contributed by atoms with van der Waals surface area (Å²) in [5.41, 5.74) is 1.45. The molecule has 0 aliphatic carbocycles. The third-order valence-electron chi connectivity index (χ3n) is 6.51. The maximum Gasteiger partial charge on any atom is 0.337 e. The second-order valence-electron chi connectivity index (χ2n) is 9.02. The van der Waals surface area contributed by atoms with Gasteiger partial charge in [-0.05, 0) is 62.1 Å². The molecule has 2 aromatic carbocycles. The lowest BCUT2D eigenvalue weighted by molar-refractivity contribution is 0.0726. The molecular weight excluding hydrogens is 454 g/mol. The van der Waals surface area contributed by atoms with E-state index in [0.717, 1.165) is 23.8 Å². The third kappa shape index (κ3) is 4.20. The van der Waals surface area contributed by atoms with Crippen molar-refractivity contribution in [2.45, 2.75) is 32.7 Å². The molecule has 0 spiro atoms. The summed E-state index contributed by atoms with van der Waals surface area (Å²) < 4.78 is 2.51. The molecular formula is C28H25N5O3. The molecule has 2 aromatic heterocycles. The van der Waals surface area contributed by atoms with E-state index in [1.807, 2.05) is 6.07 Å². The zero-order valence-corrected chi connectivity index (χ0v) is 20.0. The van der Waals surface area contributed by atoms with Crippen molar-refractivity contribution < 1.29 is 4.79 Å². The summed E-state index contributed by atoms with van der Waals surface area (Å²) >= 11 is 0. The van der Waals surface area contributed by atoms with E-state index in [4.69, 9.17) is 0 Å². The van der Waals surface area contributed by atoms with Crippen LogP contribution in [0.5, 0.6) is 0 Å². The standard InChI is InChI=1S/C28H25N5O3/c1-19-15-23(26(34)31-13-6-3-7-14-31)24-25(30-19)33(22-11-4-2-5-12-22)28(36)32(27(24)35)18-21-10-8-9-20(16-21)17-29/h2,4-5,8-12,15-16H,3,6-7,13-14,18H2,1H3. The minimum atomic E-state index is -0.572. The molecule has 1 fully saturated rings. The number of fused-ring (bicyclic) bond motifs is 1. The predicted octanol–water partition coefficient (Wildman–Crippen LogP) is 3.40. The van der Waals surface area contributed by atoms with E-state index in [1.165, 1.54) is 4.57 Å². The first kappa shape index (κ1) is 23.2. The normalized spacial score (nSPS) is 13.5. The molecule has 0 unspecified atom stereocenters. The van der Waals surface area contributed by atoms with E-state index in [-0.39, 0.29) is 29.0 Å². The highest BCUT2D eigenvalue weighted by atomic mass is 16.2. The van der Waals surface area contributed by atoms with Crippen LogP contribution in [0.4, 0.5) is 0 Å². The highest BCUT2D eigenvalue weighted by molar-refractivity contribution is 6.05. The smallest absolute Gasteiger partial charge is 0.337 e. The van der Waals surface area contributed by atoms with Gasteiger partial charge in [-0.2, -0.15) is 5.26 Å². The lowest BCUT2D eigenvalue weighted by atomic mass is 10.1. The topological polar surface area (TPSA) is 101 Å². The van der Waals surface area contributed by atoms with Gasteiger partial charge in [-0.15, -0.1) is 0 Å². The van der Waals surface area contributed by atoms with Crippen molar-refractivity contribution in [3.63, 3.8) is 0 Å². The van der Waals surface area contributed by atoms with E-state index >= 15 is 0 Å². The fourth-order valence-corrected chi connectivity index (χ4v) is 4.77. The second kappa shape index (κ2) is 9.62.